The van der Waals surface area contributed by atoms with Crippen molar-refractivity contribution < 1.29 is 0 Å². The summed E-state index contributed by atoms with van der Waals surface area (Å²) in [6, 6.07) is 10.00. The van der Waals surface area contributed by atoms with Crippen LogP contribution in [-0.4, -0.2) is 21.5 Å². The molecule has 3 rings (SSSR count). The van der Waals surface area contributed by atoms with Gasteiger partial charge in [0.15, 0.2) is 0 Å². The Morgan fingerprint density at radius 1 is 1.20 bits per heavy atom. The summed E-state index contributed by atoms with van der Waals surface area (Å²) >= 11 is 6.03. The van der Waals surface area contributed by atoms with Crippen molar-refractivity contribution in [1.82, 2.24) is 15.0 Å². The number of fused-ring (bicyclic) bond motifs is 1. The van der Waals surface area contributed by atoms with Crippen LogP contribution in [-0.2, 0) is 6.54 Å². The van der Waals surface area contributed by atoms with E-state index in [4.69, 9.17) is 11.6 Å². The second kappa shape index (κ2) is 7.57. The zero-order valence-corrected chi connectivity index (χ0v) is 15.2. The molecule has 0 amide bonds. The molecule has 5 nitrogen and oxygen atoms in total. The summed E-state index contributed by atoms with van der Waals surface area (Å²) in [6.45, 7) is 9.26. The zero-order valence-electron chi connectivity index (χ0n) is 14.4. The SMILES string of the molecule is C=CCNc1ccc(Cl)nc1CNc1nc2ccc(C(C)C)cc2[nH]1. The lowest BCUT2D eigenvalue weighted by Gasteiger charge is -2.10. The lowest BCUT2D eigenvalue weighted by molar-refractivity contribution is 0.868. The summed E-state index contributed by atoms with van der Waals surface area (Å²) in [7, 11) is 0. The van der Waals surface area contributed by atoms with Crippen molar-refractivity contribution in [2.75, 3.05) is 17.2 Å². The van der Waals surface area contributed by atoms with Crippen LogP contribution in [0.1, 0.15) is 31.0 Å². The van der Waals surface area contributed by atoms with Gasteiger partial charge in [0.2, 0.25) is 5.95 Å². The Balaban J connectivity index is 1.78. The second-order valence-electron chi connectivity index (χ2n) is 6.17. The van der Waals surface area contributed by atoms with Crippen LogP contribution in [0.25, 0.3) is 11.0 Å². The van der Waals surface area contributed by atoms with Crippen molar-refractivity contribution in [2.45, 2.75) is 26.3 Å². The number of anilines is 2. The lowest BCUT2D eigenvalue weighted by atomic mass is 10.0. The van der Waals surface area contributed by atoms with Crippen molar-refractivity contribution in [2.24, 2.45) is 0 Å². The molecule has 0 aliphatic heterocycles. The number of nitrogens with zero attached hydrogens (tertiary/aromatic N) is 2. The maximum Gasteiger partial charge on any atom is 0.201 e. The van der Waals surface area contributed by atoms with E-state index in [-0.39, 0.29) is 0 Å². The largest absolute Gasteiger partial charge is 0.380 e. The first-order chi connectivity index (χ1) is 12.1. The molecule has 0 bridgehead atoms. The van der Waals surface area contributed by atoms with E-state index in [9.17, 15) is 0 Å². The van der Waals surface area contributed by atoms with Gasteiger partial charge in [-0.15, -0.1) is 6.58 Å². The number of hydrogen-bond donors (Lipinski definition) is 3. The lowest BCUT2D eigenvalue weighted by Crippen LogP contribution is -2.08. The summed E-state index contributed by atoms with van der Waals surface area (Å²) in [6.07, 6.45) is 1.80. The van der Waals surface area contributed by atoms with E-state index in [1.807, 2.05) is 12.1 Å². The predicted octanol–water partition coefficient (Wildman–Crippen LogP) is 4.94. The van der Waals surface area contributed by atoms with Gasteiger partial charge in [0.25, 0.3) is 0 Å². The van der Waals surface area contributed by atoms with E-state index in [2.05, 4.69) is 58.1 Å². The van der Waals surface area contributed by atoms with Crippen molar-refractivity contribution in [3.05, 3.63) is 59.4 Å². The number of nitrogens with one attached hydrogen (secondary N) is 3. The number of aromatic nitrogens is 3. The Morgan fingerprint density at radius 2 is 2.04 bits per heavy atom. The first-order valence-electron chi connectivity index (χ1n) is 8.30. The van der Waals surface area contributed by atoms with Crippen LogP contribution < -0.4 is 10.6 Å². The minimum absolute atomic E-state index is 0.465. The maximum absolute atomic E-state index is 6.03. The number of halogens is 1. The van der Waals surface area contributed by atoms with Crippen LogP contribution in [0.2, 0.25) is 5.15 Å². The van der Waals surface area contributed by atoms with Crippen LogP contribution in [0, 0.1) is 0 Å². The molecule has 2 aromatic heterocycles. The second-order valence-corrected chi connectivity index (χ2v) is 6.56. The fourth-order valence-corrected chi connectivity index (χ4v) is 2.76. The Kier molecular flexibility index (Phi) is 5.24. The average Bonchev–Trinajstić information content (AvgIpc) is 3.01. The molecule has 0 fully saturated rings. The number of benzene rings is 1. The van der Waals surface area contributed by atoms with Gasteiger partial charge in [-0.05, 0) is 35.7 Å². The van der Waals surface area contributed by atoms with E-state index < -0.39 is 0 Å². The van der Waals surface area contributed by atoms with Crippen LogP contribution in [0.5, 0.6) is 0 Å². The van der Waals surface area contributed by atoms with E-state index in [0.29, 0.717) is 30.1 Å². The van der Waals surface area contributed by atoms with Crippen LogP contribution >= 0.6 is 11.6 Å². The molecule has 6 heteroatoms. The fourth-order valence-electron chi connectivity index (χ4n) is 2.59. The van der Waals surface area contributed by atoms with Crippen LogP contribution in [0.15, 0.2) is 43.0 Å². The minimum Gasteiger partial charge on any atom is -0.380 e. The summed E-state index contributed by atoms with van der Waals surface area (Å²) in [4.78, 5) is 12.3. The molecular formula is C19H22ClN5. The molecule has 0 unspecified atom stereocenters. The molecular weight excluding hydrogens is 334 g/mol. The van der Waals surface area contributed by atoms with Gasteiger partial charge in [-0.25, -0.2) is 9.97 Å². The van der Waals surface area contributed by atoms with E-state index in [1.54, 1.807) is 12.1 Å². The van der Waals surface area contributed by atoms with Gasteiger partial charge in [-0.3, -0.25) is 0 Å². The number of pyridine rings is 1. The highest BCUT2D eigenvalue weighted by atomic mass is 35.5. The highest BCUT2D eigenvalue weighted by Crippen LogP contribution is 2.22. The number of H-pyrrole nitrogens is 1. The number of imidazole rings is 1. The molecule has 0 saturated carbocycles. The first kappa shape index (κ1) is 17.3. The summed E-state index contributed by atoms with van der Waals surface area (Å²) in [5.41, 5.74) is 5.01. The average molecular weight is 356 g/mol. The van der Waals surface area contributed by atoms with Crippen molar-refractivity contribution in [3.8, 4) is 0 Å². The zero-order chi connectivity index (χ0) is 17.8. The van der Waals surface area contributed by atoms with Gasteiger partial charge in [0, 0.05) is 6.54 Å². The molecule has 3 aromatic rings. The molecule has 0 saturated heterocycles. The standard InChI is InChI=1S/C19H22ClN5/c1-4-9-21-14-7-8-18(20)23-17(14)11-22-19-24-15-6-5-13(12(2)3)10-16(15)25-19/h4-8,10,12,21H,1,9,11H2,2-3H3,(H2,22,24,25). The Labute approximate surface area is 152 Å². The molecule has 3 N–H and O–H groups in total. The predicted molar refractivity (Wildman–Crippen MR) is 105 cm³/mol. The van der Waals surface area contributed by atoms with Gasteiger partial charge in [0.1, 0.15) is 5.15 Å². The molecule has 0 aliphatic rings. The molecule has 0 aliphatic carbocycles. The monoisotopic (exact) mass is 355 g/mol. The van der Waals surface area contributed by atoms with E-state index in [0.717, 1.165) is 22.4 Å². The summed E-state index contributed by atoms with van der Waals surface area (Å²) < 4.78 is 0. The fraction of sp³-hybridized carbons (Fsp3) is 0.263. The third kappa shape index (κ3) is 4.12. The molecule has 0 spiro atoms. The molecule has 1 aromatic carbocycles. The minimum atomic E-state index is 0.465. The topological polar surface area (TPSA) is 65.6 Å². The number of aromatic amines is 1. The van der Waals surface area contributed by atoms with Gasteiger partial charge >= 0.3 is 0 Å². The molecule has 0 atom stereocenters. The summed E-state index contributed by atoms with van der Waals surface area (Å²) in [5, 5.41) is 7.02. The highest BCUT2D eigenvalue weighted by molar-refractivity contribution is 6.29. The quantitative estimate of drug-likeness (QED) is 0.414. The van der Waals surface area contributed by atoms with Gasteiger partial charge < -0.3 is 15.6 Å². The molecule has 0 radical (unpaired) electrons. The van der Waals surface area contributed by atoms with E-state index in [1.165, 1.54) is 5.56 Å². The van der Waals surface area contributed by atoms with Crippen molar-refractivity contribution in [1.29, 1.82) is 0 Å². The first-order valence-corrected chi connectivity index (χ1v) is 8.68. The molecule has 25 heavy (non-hydrogen) atoms. The Bertz CT molecular complexity index is 885. The third-order valence-electron chi connectivity index (χ3n) is 3.97. The summed E-state index contributed by atoms with van der Waals surface area (Å²) in [5.74, 6) is 1.20. The maximum atomic E-state index is 6.03. The highest BCUT2D eigenvalue weighted by Gasteiger charge is 2.08. The van der Waals surface area contributed by atoms with Crippen LogP contribution in [0.4, 0.5) is 11.6 Å². The third-order valence-corrected chi connectivity index (χ3v) is 4.18. The molecule has 2 heterocycles. The van der Waals surface area contributed by atoms with Gasteiger partial charge in [0.05, 0.1) is 29.0 Å². The van der Waals surface area contributed by atoms with Gasteiger partial charge in [-0.2, -0.15) is 0 Å². The number of rotatable bonds is 7. The van der Waals surface area contributed by atoms with Gasteiger partial charge in [-0.1, -0.05) is 37.6 Å². The smallest absolute Gasteiger partial charge is 0.201 e. The van der Waals surface area contributed by atoms with Crippen molar-refractivity contribution >= 4 is 34.3 Å². The van der Waals surface area contributed by atoms with E-state index >= 15 is 0 Å². The Hall–Kier alpha value is -2.53. The molecule has 130 valence electrons. The van der Waals surface area contributed by atoms with Crippen LogP contribution in [0.3, 0.4) is 0 Å². The Morgan fingerprint density at radius 3 is 2.80 bits per heavy atom. The normalized spacial score (nSPS) is 11.0. The number of hydrogen-bond acceptors (Lipinski definition) is 4. The van der Waals surface area contributed by atoms with Crippen molar-refractivity contribution in [3.63, 3.8) is 0 Å².